The van der Waals surface area contributed by atoms with Gasteiger partial charge in [-0.25, -0.2) is 9.37 Å². The lowest BCUT2D eigenvalue weighted by molar-refractivity contribution is 0.305. The number of rotatable bonds is 7. The van der Waals surface area contributed by atoms with Gasteiger partial charge in [0, 0.05) is 0 Å². The Morgan fingerprint density at radius 2 is 1.96 bits per heavy atom. The first-order chi connectivity index (χ1) is 12.2. The fourth-order valence-electron chi connectivity index (χ4n) is 2.74. The molecule has 0 spiro atoms. The molecule has 5 heteroatoms. The second-order valence-corrected chi connectivity index (χ2v) is 5.98. The zero-order valence-corrected chi connectivity index (χ0v) is 14.2. The molecule has 130 valence electrons. The highest BCUT2D eigenvalue weighted by Crippen LogP contribution is 2.29. The first kappa shape index (κ1) is 17.1. The van der Waals surface area contributed by atoms with E-state index in [9.17, 15) is 9.18 Å². The minimum Gasteiger partial charge on any atom is -0.493 e. The first-order valence-corrected chi connectivity index (χ1v) is 8.61. The molecule has 0 amide bonds. The van der Waals surface area contributed by atoms with E-state index in [1.54, 1.807) is 24.3 Å². The Balaban J connectivity index is 1.93. The summed E-state index contributed by atoms with van der Waals surface area (Å²) in [6.07, 6.45) is 4.35. The van der Waals surface area contributed by atoms with Crippen LogP contribution in [-0.2, 0) is 0 Å². The topological polar surface area (TPSA) is 55.0 Å². The van der Waals surface area contributed by atoms with Crippen LogP contribution >= 0.6 is 0 Å². The average molecular weight is 340 g/mol. The van der Waals surface area contributed by atoms with E-state index in [4.69, 9.17) is 4.74 Å². The Bertz CT molecular complexity index is 921. The Hall–Kier alpha value is -2.69. The predicted molar refractivity (Wildman–Crippen MR) is 97.4 cm³/mol. The molecule has 25 heavy (non-hydrogen) atoms. The normalized spacial score (nSPS) is 11.0. The van der Waals surface area contributed by atoms with Crippen molar-refractivity contribution in [1.29, 1.82) is 0 Å². The summed E-state index contributed by atoms with van der Waals surface area (Å²) in [6.45, 7) is 2.71. The molecule has 0 atom stereocenters. The number of fused-ring (bicyclic) bond motifs is 1. The number of ether oxygens (including phenoxy) is 1. The Kier molecular flexibility index (Phi) is 5.43. The molecule has 0 saturated carbocycles. The van der Waals surface area contributed by atoms with Gasteiger partial charge >= 0.3 is 0 Å². The van der Waals surface area contributed by atoms with Crippen LogP contribution in [0.25, 0.3) is 22.3 Å². The molecule has 0 aliphatic rings. The van der Waals surface area contributed by atoms with E-state index in [-0.39, 0.29) is 5.56 Å². The van der Waals surface area contributed by atoms with E-state index in [1.807, 2.05) is 6.07 Å². The minimum absolute atomic E-state index is 0.251. The Labute approximate surface area is 145 Å². The lowest BCUT2D eigenvalue weighted by atomic mass is 10.1. The van der Waals surface area contributed by atoms with Crippen molar-refractivity contribution in [1.82, 2.24) is 9.97 Å². The average Bonchev–Trinajstić information content (AvgIpc) is 2.62. The molecule has 4 nitrogen and oxygen atoms in total. The molecule has 0 unspecified atom stereocenters. The molecular formula is C20H21FN2O2. The van der Waals surface area contributed by atoms with Gasteiger partial charge in [0.1, 0.15) is 17.4 Å². The Morgan fingerprint density at radius 1 is 1.12 bits per heavy atom. The number of benzene rings is 2. The molecule has 1 N–H and O–H groups in total. The zero-order valence-electron chi connectivity index (χ0n) is 14.2. The van der Waals surface area contributed by atoms with Crippen LogP contribution in [0, 0.1) is 5.82 Å². The SMILES string of the molecule is CCCCCCOc1ccc(F)cc1-c1nc2ccccc2c(=O)[nH]1. The van der Waals surface area contributed by atoms with E-state index in [2.05, 4.69) is 16.9 Å². The number of hydrogen-bond acceptors (Lipinski definition) is 3. The van der Waals surface area contributed by atoms with Gasteiger partial charge < -0.3 is 9.72 Å². The van der Waals surface area contributed by atoms with Crippen LogP contribution in [0.2, 0.25) is 0 Å². The number of unbranched alkanes of at least 4 members (excludes halogenated alkanes) is 3. The lowest BCUT2D eigenvalue weighted by Crippen LogP contribution is -2.10. The van der Waals surface area contributed by atoms with E-state index in [1.165, 1.54) is 18.6 Å². The standard InChI is InChI=1S/C20H21FN2O2/c1-2-3-4-7-12-25-18-11-10-14(21)13-16(18)19-22-17-9-6-5-8-15(17)20(24)23-19/h5-6,8-11,13H,2-4,7,12H2,1H3,(H,22,23,24). The van der Waals surface area contributed by atoms with Crippen LogP contribution in [-0.4, -0.2) is 16.6 Å². The van der Waals surface area contributed by atoms with Crippen LogP contribution in [0.5, 0.6) is 5.75 Å². The van der Waals surface area contributed by atoms with Gasteiger partial charge in [-0.3, -0.25) is 4.79 Å². The van der Waals surface area contributed by atoms with Crippen LogP contribution in [0.3, 0.4) is 0 Å². The molecule has 0 aliphatic heterocycles. The van der Waals surface area contributed by atoms with Crippen molar-refractivity contribution in [3.63, 3.8) is 0 Å². The first-order valence-electron chi connectivity index (χ1n) is 8.61. The van der Waals surface area contributed by atoms with Gasteiger partial charge in [0.25, 0.3) is 5.56 Å². The van der Waals surface area contributed by atoms with Crippen molar-refractivity contribution >= 4 is 10.9 Å². The molecule has 0 radical (unpaired) electrons. The van der Waals surface area contributed by atoms with Gasteiger partial charge in [-0.1, -0.05) is 38.3 Å². The minimum atomic E-state index is -0.399. The molecule has 1 heterocycles. The van der Waals surface area contributed by atoms with E-state index in [0.29, 0.717) is 34.6 Å². The van der Waals surface area contributed by atoms with Gasteiger partial charge in [-0.05, 0) is 36.8 Å². The van der Waals surface area contributed by atoms with Crippen molar-refractivity contribution in [2.75, 3.05) is 6.61 Å². The summed E-state index contributed by atoms with van der Waals surface area (Å²) in [4.78, 5) is 19.5. The molecular weight excluding hydrogens is 319 g/mol. The van der Waals surface area contributed by atoms with Gasteiger partial charge in [0.15, 0.2) is 0 Å². The van der Waals surface area contributed by atoms with E-state index < -0.39 is 5.82 Å². The van der Waals surface area contributed by atoms with Crippen LogP contribution in [0.4, 0.5) is 4.39 Å². The molecule has 3 rings (SSSR count). The van der Waals surface area contributed by atoms with Gasteiger partial charge in [0.05, 0.1) is 23.1 Å². The largest absolute Gasteiger partial charge is 0.493 e. The second kappa shape index (κ2) is 7.92. The monoisotopic (exact) mass is 340 g/mol. The van der Waals surface area contributed by atoms with Crippen LogP contribution in [0.1, 0.15) is 32.6 Å². The summed E-state index contributed by atoms with van der Waals surface area (Å²) >= 11 is 0. The van der Waals surface area contributed by atoms with E-state index in [0.717, 1.165) is 19.3 Å². The molecule has 0 aliphatic carbocycles. The highest BCUT2D eigenvalue weighted by Gasteiger charge is 2.12. The maximum Gasteiger partial charge on any atom is 0.259 e. The Morgan fingerprint density at radius 3 is 2.80 bits per heavy atom. The second-order valence-electron chi connectivity index (χ2n) is 5.98. The number of H-pyrrole nitrogens is 1. The van der Waals surface area contributed by atoms with Crippen molar-refractivity contribution < 1.29 is 9.13 Å². The highest BCUT2D eigenvalue weighted by molar-refractivity contribution is 5.80. The fraction of sp³-hybridized carbons (Fsp3) is 0.300. The zero-order chi connectivity index (χ0) is 17.6. The number of nitrogens with zero attached hydrogens (tertiary/aromatic N) is 1. The number of halogens is 1. The van der Waals surface area contributed by atoms with Gasteiger partial charge in [0.2, 0.25) is 0 Å². The third kappa shape index (κ3) is 4.05. The third-order valence-corrected chi connectivity index (χ3v) is 4.07. The van der Waals surface area contributed by atoms with Crippen LogP contribution < -0.4 is 10.3 Å². The van der Waals surface area contributed by atoms with Crippen LogP contribution in [0.15, 0.2) is 47.3 Å². The molecule has 3 aromatic rings. The van der Waals surface area contributed by atoms with Gasteiger partial charge in [-0.2, -0.15) is 0 Å². The fourth-order valence-corrected chi connectivity index (χ4v) is 2.74. The molecule has 0 saturated heterocycles. The van der Waals surface area contributed by atoms with Crippen molar-refractivity contribution in [2.24, 2.45) is 0 Å². The molecule has 2 aromatic carbocycles. The quantitative estimate of drug-likeness (QED) is 0.635. The summed E-state index contributed by atoms with van der Waals surface area (Å²) < 4.78 is 19.6. The number of hydrogen-bond donors (Lipinski definition) is 1. The molecule has 1 aromatic heterocycles. The number of nitrogens with one attached hydrogen (secondary N) is 1. The molecule has 0 bridgehead atoms. The third-order valence-electron chi connectivity index (χ3n) is 4.07. The maximum absolute atomic E-state index is 13.8. The number of aromatic nitrogens is 2. The van der Waals surface area contributed by atoms with Crippen molar-refractivity contribution in [3.05, 3.63) is 58.6 Å². The summed E-state index contributed by atoms with van der Waals surface area (Å²) in [5.74, 6) is 0.437. The van der Waals surface area contributed by atoms with Crippen molar-refractivity contribution in [2.45, 2.75) is 32.6 Å². The summed E-state index contributed by atoms with van der Waals surface area (Å²) in [5, 5.41) is 0.504. The summed E-state index contributed by atoms with van der Waals surface area (Å²) in [7, 11) is 0. The lowest BCUT2D eigenvalue weighted by Gasteiger charge is -2.11. The maximum atomic E-state index is 13.8. The highest BCUT2D eigenvalue weighted by atomic mass is 19.1. The van der Waals surface area contributed by atoms with E-state index >= 15 is 0 Å². The predicted octanol–water partition coefficient (Wildman–Crippen LogP) is 4.69. The molecule has 0 fully saturated rings. The summed E-state index contributed by atoms with van der Waals surface area (Å²) in [6, 6.07) is 11.3. The van der Waals surface area contributed by atoms with Gasteiger partial charge in [-0.15, -0.1) is 0 Å². The number of para-hydroxylation sites is 1. The number of aromatic amines is 1. The summed E-state index contributed by atoms with van der Waals surface area (Å²) in [5.41, 5.74) is 0.775. The smallest absolute Gasteiger partial charge is 0.259 e. The van der Waals surface area contributed by atoms with Crippen molar-refractivity contribution in [3.8, 4) is 17.1 Å².